The Kier molecular flexibility index (Phi) is 7.25. The van der Waals surface area contributed by atoms with Crippen LogP contribution >= 0.6 is 0 Å². The molecular weight excluding hydrogens is 244 g/mol. The molecule has 0 bridgehead atoms. The summed E-state index contributed by atoms with van der Waals surface area (Å²) in [5, 5.41) is 3.60. The van der Waals surface area contributed by atoms with E-state index >= 15 is 0 Å². The molecular formula is C18H32N2. The molecule has 0 radical (unpaired) electrons. The Balaban J connectivity index is 2.41. The van der Waals surface area contributed by atoms with Crippen molar-refractivity contribution in [3.63, 3.8) is 0 Å². The van der Waals surface area contributed by atoms with Gasteiger partial charge in [0.15, 0.2) is 0 Å². The highest BCUT2D eigenvalue weighted by Crippen LogP contribution is 2.15. The van der Waals surface area contributed by atoms with Crippen molar-refractivity contribution in [2.24, 2.45) is 5.92 Å². The van der Waals surface area contributed by atoms with Gasteiger partial charge < -0.3 is 10.2 Å². The molecule has 1 N–H and O–H groups in total. The van der Waals surface area contributed by atoms with Gasteiger partial charge in [0.05, 0.1) is 0 Å². The minimum Gasteiger partial charge on any atom is -0.309 e. The molecule has 2 heteroatoms. The first kappa shape index (κ1) is 17.2. The van der Waals surface area contributed by atoms with E-state index in [0.717, 1.165) is 19.0 Å². The fraction of sp³-hybridized carbons (Fsp3) is 0.667. The van der Waals surface area contributed by atoms with Crippen LogP contribution in [-0.4, -0.2) is 31.1 Å². The summed E-state index contributed by atoms with van der Waals surface area (Å²) in [6.45, 7) is 13.4. The van der Waals surface area contributed by atoms with Gasteiger partial charge in [-0.1, -0.05) is 38.1 Å². The van der Waals surface area contributed by atoms with Gasteiger partial charge in [0.2, 0.25) is 0 Å². The molecule has 1 aromatic carbocycles. The van der Waals surface area contributed by atoms with Crippen LogP contribution in [0.3, 0.4) is 0 Å². The average molecular weight is 276 g/mol. The monoisotopic (exact) mass is 276 g/mol. The first-order chi connectivity index (χ1) is 9.40. The largest absolute Gasteiger partial charge is 0.309 e. The van der Waals surface area contributed by atoms with Crippen LogP contribution in [0, 0.1) is 5.92 Å². The molecule has 0 aliphatic carbocycles. The van der Waals surface area contributed by atoms with Gasteiger partial charge in [0, 0.05) is 25.2 Å². The molecule has 0 aromatic heterocycles. The molecule has 0 saturated heterocycles. The van der Waals surface area contributed by atoms with Crippen LogP contribution in [0.5, 0.6) is 0 Å². The molecule has 1 rings (SSSR count). The van der Waals surface area contributed by atoms with Crippen molar-refractivity contribution >= 4 is 0 Å². The number of nitrogens with zero attached hydrogens (tertiary/aromatic N) is 1. The Morgan fingerprint density at radius 1 is 1.00 bits per heavy atom. The van der Waals surface area contributed by atoms with Crippen molar-refractivity contribution in [1.82, 2.24) is 10.2 Å². The van der Waals surface area contributed by atoms with Gasteiger partial charge in [0.25, 0.3) is 0 Å². The quantitative estimate of drug-likeness (QED) is 0.775. The van der Waals surface area contributed by atoms with Crippen LogP contribution in [0.25, 0.3) is 0 Å². The van der Waals surface area contributed by atoms with Crippen LogP contribution in [0.4, 0.5) is 0 Å². The Morgan fingerprint density at radius 2 is 1.60 bits per heavy atom. The predicted octanol–water partition coefficient (Wildman–Crippen LogP) is 3.88. The van der Waals surface area contributed by atoms with E-state index in [4.69, 9.17) is 0 Å². The van der Waals surface area contributed by atoms with Crippen LogP contribution in [0.15, 0.2) is 24.3 Å². The lowest BCUT2D eigenvalue weighted by atomic mass is 10.00. The summed E-state index contributed by atoms with van der Waals surface area (Å²) in [5.41, 5.74) is 2.82. The molecule has 114 valence electrons. The minimum absolute atomic E-state index is 0.420. The highest BCUT2D eigenvalue weighted by atomic mass is 15.1. The number of likely N-dealkylation sites (N-methyl/N-ethyl adjacent to an activating group) is 1. The van der Waals surface area contributed by atoms with E-state index in [1.165, 1.54) is 17.5 Å². The lowest BCUT2D eigenvalue weighted by Gasteiger charge is -2.22. The molecule has 0 fully saturated rings. The van der Waals surface area contributed by atoms with Crippen molar-refractivity contribution in [1.29, 1.82) is 0 Å². The van der Waals surface area contributed by atoms with Crippen molar-refractivity contribution < 1.29 is 0 Å². The second-order valence-corrected chi connectivity index (χ2v) is 6.59. The molecule has 0 aliphatic rings. The van der Waals surface area contributed by atoms with Gasteiger partial charge in [-0.3, -0.25) is 0 Å². The van der Waals surface area contributed by atoms with Crippen molar-refractivity contribution in [2.45, 2.75) is 53.1 Å². The van der Waals surface area contributed by atoms with Crippen LogP contribution in [0.1, 0.15) is 51.8 Å². The summed E-state index contributed by atoms with van der Waals surface area (Å²) < 4.78 is 0. The first-order valence-corrected chi connectivity index (χ1v) is 7.92. The molecule has 1 aromatic rings. The SMILES string of the molecule is CC(C)Cc1ccc(C(C)NCCN(C)C(C)C)cc1. The minimum atomic E-state index is 0.420. The van der Waals surface area contributed by atoms with Gasteiger partial charge in [-0.2, -0.15) is 0 Å². The summed E-state index contributed by atoms with van der Waals surface area (Å²) in [6.07, 6.45) is 1.17. The second-order valence-electron chi connectivity index (χ2n) is 6.59. The van der Waals surface area contributed by atoms with Gasteiger partial charge in [-0.05, 0) is 51.3 Å². The molecule has 0 spiro atoms. The fourth-order valence-electron chi connectivity index (χ4n) is 2.25. The number of rotatable bonds is 8. The van der Waals surface area contributed by atoms with Crippen LogP contribution in [0.2, 0.25) is 0 Å². The maximum absolute atomic E-state index is 3.60. The van der Waals surface area contributed by atoms with E-state index in [2.05, 4.69) is 76.1 Å². The Hall–Kier alpha value is -0.860. The van der Waals surface area contributed by atoms with Crippen molar-refractivity contribution in [2.75, 3.05) is 20.1 Å². The maximum Gasteiger partial charge on any atom is 0.0292 e. The topological polar surface area (TPSA) is 15.3 Å². The van der Waals surface area contributed by atoms with Crippen molar-refractivity contribution in [3.8, 4) is 0 Å². The molecule has 1 atom stereocenters. The Morgan fingerprint density at radius 3 is 2.10 bits per heavy atom. The highest BCUT2D eigenvalue weighted by molar-refractivity contribution is 5.25. The molecule has 0 saturated carbocycles. The molecule has 0 aliphatic heterocycles. The Bertz CT molecular complexity index is 368. The molecule has 0 amide bonds. The third-order valence-electron chi connectivity index (χ3n) is 3.92. The predicted molar refractivity (Wildman–Crippen MR) is 89.2 cm³/mol. The Labute approximate surface area is 125 Å². The van der Waals surface area contributed by atoms with E-state index in [0.29, 0.717) is 12.1 Å². The van der Waals surface area contributed by atoms with Gasteiger partial charge in [-0.25, -0.2) is 0 Å². The van der Waals surface area contributed by atoms with Crippen molar-refractivity contribution in [3.05, 3.63) is 35.4 Å². The molecule has 2 nitrogen and oxygen atoms in total. The van der Waals surface area contributed by atoms with E-state index in [-0.39, 0.29) is 0 Å². The summed E-state index contributed by atoms with van der Waals surface area (Å²) in [7, 11) is 2.18. The van der Waals surface area contributed by atoms with Gasteiger partial charge in [0.1, 0.15) is 0 Å². The van der Waals surface area contributed by atoms with Gasteiger partial charge >= 0.3 is 0 Å². The normalized spacial score (nSPS) is 13.4. The smallest absolute Gasteiger partial charge is 0.0292 e. The summed E-state index contributed by atoms with van der Waals surface area (Å²) in [4.78, 5) is 2.37. The molecule has 0 heterocycles. The highest BCUT2D eigenvalue weighted by Gasteiger charge is 2.07. The average Bonchev–Trinajstić information content (AvgIpc) is 2.38. The van der Waals surface area contributed by atoms with E-state index in [9.17, 15) is 0 Å². The number of nitrogens with one attached hydrogen (secondary N) is 1. The van der Waals surface area contributed by atoms with E-state index < -0.39 is 0 Å². The summed E-state index contributed by atoms with van der Waals surface area (Å²) in [6, 6.07) is 10.1. The maximum atomic E-state index is 3.60. The molecule has 20 heavy (non-hydrogen) atoms. The van der Waals surface area contributed by atoms with Crippen LogP contribution < -0.4 is 5.32 Å². The zero-order valence-corrected chi connectivity index (χ0v) is 14.1. The standard InChI is InChI=1S/C18H32N2/c1-14(2)13-17-7-9-18(10-8-17)16(5)19-11-12-20(6)15(3)4/h7-10,14-16,19H,11-13H2,1-6H3. The number of hydrogen-bond donors (Lipinski definition) is 1. The number of benzene rings is 1. The third kappa shape index (κ3) is 6.06. The third-order valence-corrected chi connectivity index (χ3v) is 3.92. The lowest BCUT2D eigenvalue weighted by Crippen LogP contribution is -2.34. The summed E-state index contributed by atoms with van der Waals surface area (Å²) >= 11 is 0. The fourth-order valence-corrected chi connectivity index (χ4v) is 2.25. The zero-order valence-electron chi connectivity index (χ0n) is 14.1. The zero-order chi connectivity index (χ0) is 15.1. The van der Waals surface area contributed by atoms with Crippen LogP contribution in [-0.2, 0) is 6.42 Å². The van der Waals surface area contributed by atoms with Gasteiger partial charge in [-0.15, -0.1) is 0 Å². The first-order valence-electron chi connectivity index (χ1n) is 7.92. The molecule has 1 unspecified atom stereocenters. The van der Waals surface area contributed by atoms with E-state index in [1.807, 2.05) is 0 Å². The second kappa shape index (κ2) is 8.43. The van der Waals surface area contributed by atoms with E-state index in [1.54, 1.807) is 0 Å². The number of hydrogen-bond acceptors (Lipinski definition) is 2. The summed E-state index contributed by atoms with van der Waals surface area (Å²) in [5.74, 6) is 0.725. The lowest BCUT2D eigenvalue weighted by molar-refractivity contribution is 0.270.